The lowest BCUT2D eigenvalue weighted by Gasteiger charge is -2.31. The first-order chi connectivity index (χ1) is 11.1. The molecule has 0 atom stereocenters. The maximum atomic E-state index is 11.4. The number of sulfonamides is 1. The van der Waals surface area contributed by atoms with Crippen molar-refractivity contribution in [3.05, 3.63) is 30.1 Å². The molecule has 2 N–H and O–H groups in total. The van der Waals surface area contributed by atoms with Crippen molar-refractivity contribution in [1.82, 2.24) is 19.6 Å². The molecule has 0 aliphatic carbocycles. The van der Waals surface area contributed by atoms with Crippen LogP contribution in [0.15, 0.2) is 24.5 Å². The van der Waals surface area contributed by atoms with E-state index in [1.165, 1.54) is 10.9 Å². The molecule has 6 nitrogen and oxygen atoms in total. The molecule has 2 aromatic heterocycles. The molecule has 0 bridgehead atoms. The van der Waals surface area contributed by atoms with Crippen LogP contribution in [0.3, 0.4) is 0 Å². The van der Waals surface area contributed by atoms with Crippen molar-refractivity contribution >= 4 is 21.1 Å². The zero-order chi connectivity index (χ0) is 16.3. The van der Waals surface area contributed by atoms with Crippen LogP contribution >= 0.6 is 0 Å². The summed E-state index contributed by atoms with van der Waals surface area (Å²) in [6, 6.07) is 4.11. The van der Waals surface area contributed by atoms with E-state index in [2.05, 4.69) is 31.9 Å². The van der Waals surface area contributed by atoms with Gasteiger partial charge in [-0.15, -0.1) is 0 Å². The number of fused-ring (bicyclic) bond motifs is 1. The van der Waals surface area contributed by atoms with Gasteiger partial charge in [0.25, 0.3) is 0 Å². The lowest BCUT2D eigenvalue weighted by molar-refractivity contribution is 0.216. The summed E-state index contributed by atoms with van der Waals surface area (Å²) in [5.74, 6) is 0.695. The minimum absolute atomic E-state index is 0.143. The highest BCUT2D eigenvalue weighted by Crippen LogP contribution is 2.32. The third kappa shape index (κ3) is 3.91. The van der Waals surface area contributed by atoms with Crippen LogP contribution in [-0.4, -0.2) is 55.2 Å². The Morgan fingerprint density at radius 3 is 2.91 bits per heavy atom. The minimum atomic E-state index is -3.08. The molecule has 2 aromatic rings. The molecule has 3 heterocycles. The number of hydrogen-bond donors (Lipinski definition) is 2. The van der Waals surface area contributed by atoms with Crippen molar-refractivity contribution in [3.63, 3.8) is 0 Å². The van der Waals surface area contributed by atoms with Gasteiger partial charge >= 0.3 is 0 Å². The Bertz CT molecular complexity index is 748. The first-order valence-electron chi connectivity index (χ1n) is 8.21. The summed E-state index contributed by atoms with van der Waals surface area (Å²) in [7, 11) is -3.08. The molecule has 0 saturated carbocycles. The van der Waals surface area contributed by atoms with E-state index in [0.717, 1.165) is 38.1 Å². The largest absolute Gasteiger partial charge is 0.346 e. The monoisotopic (exact) mass is 336 g/mol. The Hall–Kier alpha value is -1.44. The number of rotatable bonds is 6. The second-order valence-corrected chi connectivity index (χ2v) is 8.15. The van der Waals surface area contributed by atoms with Gasteiger partial charge in [-0.05, 0) is 56.5 Å². The molecule has 7 heteroatoms. The van der Waals surface area contributed by atoms with E-state index in [-0.39, 0.29) is 5.75 Å². The molecule has 1 fully saturated rings. The van der Waals surface area contributed by atoms with Gasteiger partial charge < -0.3 is 9.88 Å². The van der Waals surface area contributed by atoms with Crippen molar-refractivity contribution in [2.45, 2.75) is 25.7 Å². The fourth-order valence-electron chi connectivity index (χ4n) is 3.24. The standard InChI is InChI=1S/C16H24N4O2S/c1-2-23(21,22)19-8-11-20-9-5-13(6-10-20)15-12-18-16-14(15)4-3-7-17-16/h3-4,7,12-13,19H,2,5-6,8-11H2,1H3,(H,17,18). The van der Waals surface area contributed by atoms with Gasteiger partial charge in [-0.2, -0.15) is 0 Å². The number of hydrogen-bond acceptors (Lipinski definition) is 4. The molecule has 0 aromatic carbocycles. The maximum Gasteiger partial charge on any atom is 0.211 e. The Kier molecular flexibility index (Phi) is 4.99. The third-order valence-corrected chi connectivity index (χ3v) is 6.04. The molecule has 1 aliphatic rings. The predicted molar refractivity (Wildman–Crippen MR) is 92.0 cm³/mol. The fourth-order valence-corrected chi connectivity index (χ4v) is 3.85. The molecule has 0 unspecified atom stereocenters. The second-order valence-electron chi connectivity index (χ2n) is 6.06. The number of aromatic amines is 1. The topological polar surface area (TPSA) is 78.1 Å². The summed E-state index contributed by atoms with van der Waals surface area (Å²) >= 11 is 0. The number of nitrogens with zero attached hydrogens (tertiary/aromatic N) is 2. The minimum Gasteiger partial charge on any atom is -0.346 e. The first kappa shape index (κ1) is 16.4. The van der Waals surface area contributed by atoms with E-state index >= 15 is 0 Å². The van der Waals surface area contributed by atoms with E-state index in [9.17, 15) is 8.42 Å². The third-order valence-electron chi connectivity index (χ3n) is 4.64. The Balaban J connectivity index is 1.53. The van der Waals surface area contributed by atoms with Gasteiger partial charge in [-0.1, -0.05) is 0 Å². The second kappa shape index (κ2) is 6.98. The highest BCUT2D eigenvalue weighted by atomic mass is 32.2. The molecule has 0 spiro atoms. The smallest absolute Gasteiger partial charge is 0.211 e. The molecule has 3 rings (SSSR count). The van der Waals surface area contributed by atoms with Crippen molar-refractivity contribution < 1.29 is 8.42 Å². The fraction of sp³-hybridized carbons (Fsp3) is 0.562. The predicted octanol–water partition coefficient (Wildman–Crippen LogP) is 1.68. The van der Waals surface area contributed by atoms with Crippen LogP contribution in [0.5, 0.6) is 0 Å². The van der Waals surface area contributed by atoms with Gasteiger partial charge in [0.1, 0.15) is 5.65 Å². The highest BCUT2D eigenvalue weighted by molar-refractivity contribution is 7.89. The van der Waals surface area contributed by atoms with E-state index in [1.807, 2.05) is 12.3 Å². The lowest BCUT2D eigenvalue weighted by atomic mass is 9.89. The summed E-state index contributed by atoms with van der Waals surface area (Å²) in [5.41, 5.74) is 2.32. The van der Waals surface area contributed by atoms with Gasteiger partial charge in [-0.25, -0.2) is 18.1 Å². The average Bonchev–Trinajstić information content (AvgIpc) is 2.99. The van der Waals surface area contributed by atoms with Gasteiger partial charge in [0.05, 0.1) is 5.75 Å². The maximum absolute atomic E-state index is 11.4. The zero-order valence-corrected chi connectivity index (χ0v) is 14.3. The molecular formula is C16H24N4O2S. The summed E-state index contributed by atoms with van der Waals surface area (Å²) in [4.78, 5) is 9.94. The number of H-pyrrole nitrogens is 1. The average molecular weight is 336 g/mol. The molecular weight excluding hydrogens is 312 g/mol. The molecule has 23 heavy (non-hydrogen) atoms. The summed E-state index contributed by atoms with van der Waals surface area (Å²) in [6.45, 7) is 4.94. The van der Waals surface area contributed by atoms with Crippen LogP contribution in [0.1, 0.15) is 31.2 Å². The van der Waals surface area contributed by atoms with E-state index in [4.69, 9.17) is 0 Å². The summed E-state index contributed by atoms with van der Waals surface area (Å²) in [5, 5.41) is 1.22. The van der Waals surface area contributed by atoms with Crippen molar-refractivity contribution in [1.29, 1.82) is 0 Å². The normalized spacial score (nSPS) is 17.8. The van der Waals surface area contributed by atoms with Crippen LogP contribution < -0.4 is 4.72 Å². The van der Waals surface area contributed by atoms with Crippen molar-refractivity contribution in [2.75, 3.05) is 31.9 Å². The number of piperidine rings is 1. The number of pyridine rings is 1. The molecule has 0 radical (unpaired) electrons. The van der Waals surface area contributed by atoms with Gasteiger partial charge in [0.2, 0.25) is 10.0 Å². The number of nitrogens with one attached hydrogen (secondary N) is 2. The van der Waals surface area contributed by atoms with Crippen LogP contribution in [0.2, 0.25) is 0 Å². The zero-order valence-electron chi connectivity index (χ0n) is 13.5. The van der Waals surface area contributed by atoms with Crippen molar-refractivity contribution in [2.24, 2.45) is 0 Å². The molecule has 1 saturated heterocycles. The molecule has 0 amide bonds. The van der Waals surface area contributed by atoms with Crippen LogP contribution in [0, 0.1) is 0 Å². The number of aromatic nitrogens is 2. The van der Waals surface area contributed by atoms with Crippen molar-refractivity contribution in [3.8, 4) is 0 Å². The highest BCUT2D eigenvalue weighted by Gasteiger charge is 2.22. The van der Waals surface area contributed by atoms with Gasteiger partial charge in [0.15, 0.2) is 0 Å². The number of likely N-dealkylation sites (tertiary alicyclic amines) is 1. The van der Waals surface area contributed by atoms with Gasteiger partial charge in [0, 0.05) is 30.9 Å². The molecule has 126 valence electrons. The Morgan fingerprint density at radius 1 is 1.39 bits per heavy atom. The van der Waals surface area contributed by atoms with Crippen LogP contribution in [0.4, 0.5) is 0 Å². The van der Waals surface area contributed by atoms with E-state index in [0.29, 0.717) is 12.5 Å². The quantitative estimate of drug-likeness (QED) is 0.841. The van der Waals surface area contributed by atoms with Crippen LogP contribution in [-0.2, 0) is 10.0 Å². The first-order valence-corrected chi connectivity index (χ1v) is 9.86. The summed E-state index contributed by atoms with van der Waals surface area (Å²) in [6.07, 6.45) is 6.10. The van der Waals surface area contributed by atoms with E-state index in [1.54, 1.807) is 6.92 Å². The van der Waals surface area contributed by atoms with Gasteiger partial charge in [-0.3, -0.25) is 0 Å². The van der Waals surface area contributed by atoms with E-state index < -0.39 is 10.0 Å². The van der Waals surface area contributed by atoms with Crippen LogP contribution in [0.25, 0.3) is 11.0 Å². The SMILES string of the molecule is CCS(=O)(=O)NCCN1CCC(c2c[nH]c3ncccc23)CC1. The lowest BCUT2D eigenvalue weighted by Crippen LogP contribution is -2.39. The Labute approximate surface area is 137 Å². The Morgan fingerprint density at radius 2 is 2.17 bits per heavy atom. The summed E-state index contributed by atoms with van der Waals surface area (Å²) < 4.78 is 25.5. The molecule has 1 aliphatic heterocycles.